The second kappa shape index (κ2) is 4.95. The molecular weight excluding hydrogens is 230 g/mol. The first-order valence-electron chi connectivity index (χ1n) is 4.44. The Labute approximate surface area is 93.8 Å². The Balaban J connectivity index is 2.73. The lowest BCUT2D eigenvalue weighted by Crippen LogP contribution is -2.21. The molecule has 1 aromatic carbocycles. The zero-order valence-electron chi connectivity index (χ0n) is 8.71. The standard InChI is InChI=1S/C9H13N3O3S/c1-16(14,15)11-6-7-2-4-8(5-3-7)9(10)12-13/h2-5,11,13H,6H2,1H3,(H2,10,12). The summed E-state index contributed by atoms with van der Waals surface area (Å²) in [7, 11) is -3.19. The molecule has 1 aromatic rings. The van der Waals surface area contributed by atoms with Crippen molar-refractivity contribution in [2.75, 3.05) is 6.26 Å². The highest BCUT2D eigenvalue weighted by Gasteiger charge is 2.02. The lowest BCUT2D eigenvalue weighted by molar-refractivity contribution is 0.318. The normalized spacial score (nSPS) is 12.7. The van der Waals surface area contributed by atoms with Crippen molar-refractivity contribution in [1.82, 2.24) is 4.72 Å². The van der Waals surface area contributed by atoms with E-state index < -0.39 is 10.0 Å². The fourth-order valence-electron chi connectivity index (χ4n) is 1.07. The maximum atomic E-state index is 10.8. The fraction of sp³-hybridized carbons (Fsp3) is 0.222. The van der Waals surface area contributed by atoms with Gasteiger partial charge >= 0.3 is 0 Å². The van der Waals surface area contributed by atoms with Crippen molar-refractivity contribution in [3.63, 3.8) is 0 Å². The van der Waals surface area contributed by atoms with Gasteiger partial charge in [0.2, 0.25) is 10.0 Å². The van der Waals surface area contributed by atoms with Crippen LogP contribution < -0.4 is 10.5 Å². The lowest BCUT2D eigenvalue weighted by Gasteiger charge is -2.03. The average molecular weight is 243 g/mol. The summed E-state index contributed by atoms with van der Waals surface area (Å²) < 4.78 is 24.0. The van der Waals surface area contributed by atoms with E-state index in [-0.39, 0.29) is 12.4 Å². The number of rotatable bonds is 4. The smallest absolute Gasteiger partial charge is 0.209 e. The maximum absolute atomic E-state index is 10.8. The Morgan fingerprint density at radius 1 is 1.44 bits per heavy atom. The summed E-state index contributed by atoms with van der Waals surface area (Å²) in [4.78, 5) is 0. The van der Waals surface area contributed by atoms with Crippen molar-refractivity contribution in [2.45, 2.75) is 6.54 Å². The van der Waals surface area contributed by atoms with Crippen molar-refractivity contribution < 1.29 is 13.6 Å². The molecule has 0 spiro atoms. The summed E-state index contributed by atoms with van der Waals surface area (Å²) in [5, 5.41) is 11.3. The van der Waals surface area contributed by atoms with Crippen LogP contribution in [0, 0.1) is 0 Å². The van der Waals surface area contributed by atoms with Gasteiger partial charge in [-0.3, -0.25) is 0 Å². The van der Waals surface area contributed by atoms with Gasteiger partial charge in [-0.25, -0.2) is 13.1 Å². The highest BCUT2D eigenvalue weighted by atomic mass is 32.2. The molecule has 4 N–H and O–H groups in total. The van der Waals surface area contributed by atoms with E-state index in [9.17, 15) is 8.42 Å². The molecule has 0 radical (unpaired) electrons. The molecule has 0 aromatic heterocycles. The molecule has 88 valence electrons. The minimum Gasteiger partial charge on any atom is -0.409 e. The highest BCUT2D eigenvalue weighted by molar-refractivity contribution is 7.88. The average Bonchev–Trinajstić information content (AvgIpc) is 2.25. The molecule has 0 fully saturated rings. The van der Waals surface area contributed by atoms with Gasteiger partial charge < -0.3 is 10.9 Å². The van der Waals surface area contributed by atoms with E-state index in [0.29, 0.717) is 5.56 Å². The highest BCUT2D eigenvalue weighted by Crippen LogP contribution is 2.04. The maximum Gasteiger partial charge on any atom is 0.209 e. The number of sulfonamides is 1. The third-order valence-corrected chi connectivity index (χ3v) is 2.56. The number of amidine groups is 1. The predicted octanol–water partition coefficient (Wildman–Crippen LogP) is -0.170. The molecule has 1 rings (SSSR count). The first kappa shape index (κ1) is 12.5. The van der Waals surface area contributed by atoms with E-state index in [1.165, 1.54) is 0 Å². The molecule has 0 atom stereocenters. The Kier molecular flexibility index (Phi) is 3.86. The Hall–Kier alpha value is -1.60. The summed E-state index contributed by atoms with van der Waals surface area (Å²) in [5.41, 5.74) is 6.74. The number of nitrogens with zero attached hydrogens (tertiary/aromatic N) is 1. The van der Waals surface area contributed by atoms with Gasteiger partial charge in [-0.15, -0.1) is 0 Å². The Morgan fingerprint density at radius 2 is 2.00 bits per heavy atom. The van der Waals surface area contributed by atoms with E-state index in [1.54, 1.807) is 24.3 Å². The van der Waals surface area contributed by atoms with Crippen molar-refractivity contribution in [3.8, 4) is 0 Å². The number of benzene rings is 1. The largest absolute Gasteiger partial charge is 0.409 e. The third kappa shape index (κ3) is 3.87. The van der Waals surface area contributed by atoms with Gasteiger partial charge in [-0.1, -0.05) is 29.4 Å². The quantitative estimate of drug-likeness (QED) is 0.295. The zero-order valence-corrected chi connectivity index (χ0v) is 9.53. The number of hydrogen-bond acceptors (Lipinski definition) is 4. The van der Waals surface area contributed by atoms with Gasteiger partial charge in [0.15, 0.2) is 5.84 Å². The van der Waals surface area contributed by atoms with Gasteiger partial charge in [0.05, 0.1) is 6.26 Å². The topological polar surface area (TPSA) is 105 Å². The molecule has 0 bridgehead atoms. The summed E-state index contributed by atoms with van der Waals surface area (Å²) >= 11 is 0. The predicted molar refractivity (Wildman–Crippen MR) is 60.6 cm³/mol. The van der Waals surface area contributed by atoms with Crippen molar-refractivity contribution >= 4 is 15.9 Å². The number of nitrogens with one attached hydrogen (secondary N) is 1. The molecule has 0 aliphatic rings. The van der Waals surface area contributed by atoms with Crippen LogP contribution in [0.3, 0.4) is 0 Å². The number of hydrogen-bond donors (Lipinski definition) is 3. The second-order valence-electron chi connectivity index (χ2n) is 3.28. The summed E-state index contributed by atoms with van der Waals surface area (Å²) in [6, 6.07) is 6.69. The van der Waals surface area contributed by atoms with E-state index in [0.717, 1.165) is 11.8 Å². The molecule has 16 heavy (non-hydrogen) atoms. The van der Waals surface area contributed by atoms with Crippen LogP contribution >= 0.6 is 0 Å². The molecule has 0 saturated carbocycles. The van der Waals surface area contributed by atoms with Gasteiger partial charge in [0.1, 0.15) is 0 Å². The Morgan fingerprint density at radius 3 is 2.44 bits per heavy atom. The Bertz CT molecular complexity index is 479. The summed E-state index contributed by atoms with van der Waals surface area (Å²) in [5.74, 6) is 0.0163. The molecule has 0 saturated heterocycles. The molecule has 0 heterocycles. The molecule has 6 nitrogen and oxygen atoms in total. The van der Waals surface area contributed by atoms with Crippen LogP contribution in [0.1, 0.15) is 11.1 Å². The van der Waals surface area contributed by atoms with E-state index in [2.05, 4.69) is 9.88 Å². The molecular formula is C9H13N3O3S. The molecule has 0 unspecified atom stereocenters. The van der Waals surface area contributed by atoms with Crippen molar-refractivity contribution in [3.05, 3.63) is 35.4 Å². The SMILES string of the molecule is CS(=O)(=O)NCc1ccc(/C(N)=N/O)cc1. The van der Waals surface area contributed by atoms with Crippen LogP contribution in [0.25, 0.3) is 0 Å². The first-order valence-corrected chi connectivity index (χ1v) is 6.33. The van der Waals surface area contributed by atoms with Crippen LogP contribution in [-0.4, -0.2) is 25.7 Å². The van der Waals surface area contributed by atoms with E-state index in [4.69, 9.17) is 10.9 Å². The van der Waals surface area contributed by atoms with Crippen LogP contribution in [0.4, 0.5) is 0 Å². The fourth-order valence-corrected chi connectivity index (χ4v) is 1.49. The van der Waals surface area contributed by atoms with Crippen molar-refractivity contribution in [1.29, 1.82) is 0 Å². The molecule has 0 aliphatic heterocycles. The molecule has 0 aliphatic carbocycles. The number of oxime groups is 1. The van der Waals surface area contributed by atoms with Crippen LogP contribution in [0.2, 0.25) is 0 Å². The minimum atomic E-state index is -3.19. The lowest BCUT2D eigenvalue weighted by atomic mass is 10.1. The van der Waals surface area contributed by atoms with Crippen LogP contribution in [0.15, 0.2) is 29.4 Å². The zero-order chi connectivity index (χ0) is 12.2. The molecule has 7 heteroatoms. The van der Waals surface area contributed by atoms with Crippen LogP contribution in [-0.2, 0) is 16.6 Å². The summed E-state index contributed by atoms with van der Waals surface area (Å²) in [6.45, 7) is 0.218. The second-order valence-corrected chi connectivity index (χ2v) is 5.11. The van der Waals surface area contributed by atoms with Crippen LogP contribution in [0.5, 0.6) is 0 Å². The van der Waals surface area contributed by atoms with Gasteiger partial charge in [0.25, 0.3) is 0 Å². The minimum absolute atomic E-state index is 0.0163. The van der Waals surface area contributed by atoms with Gasteiger partial charge in [0, 0.05) is 12.1 Å². The van der Waals surface area contributed by atoms with E-state index in [1.807, 2.05) is 0 Å². The molecule has 0 amide bonds. The third-order valence-electron chi connectivity index (χ3n) is 1.90. The monoisotopic (exact) mass is 243 g/mol. The van der Waals surface area contributed by atoms with Crippen molar-refractivity contribution in [2.24, 2.45) is 10.9 Å². The number of nitrogens with two attached hydrogens (primary N) is 1. The van der Waals surface area contributed by atoms with Gasteiger partial charge in [-0.05, 0) is 5.56 Å². The van der Waals surface area contributed by atoms with E-state index >= 15 is 0 Å². The summed E-state index contributed by atoms with van der Waals surface area (Å²) in [6.07, 6.45) is 1.10. The first-order chi connectivity index (χ1) is 7.42. The van der Waals surface area contributed by atoms with Gasteiger partial charge in [-0.2, -0.15) is 0 Å².